The van der Waals surface area contributed by atoms with Crippen LogP contribution in [-0.2, 0) is 10.9 Å². The maximum Gasteiger partial charge on any atom is 0.422 e. The van der Waals surface area contributed by atoms with Crippen LogP contribution in [0.5, 0.6) is 0 Å². The molecule has 112 valence electrons. The quantitative estimate of drug-likeness (QED) is 0.816. The van der Waals surface area contributed by atoms with Gasteiger partial charge in [0.15, 0.2) is 6.61 Å². The third-order valence-corrected chi connectivity index (χ3v) is 2.23. The molecule has 0 aliphatic heterocycles. The van der Waals surface area contributed by atoms with Gasteiger partial charge in [-0.15, -0.1) is 0 Å². The molecule has 1 amide bonds. The summed E-state index contributed by atoms with van der Waals surface area (Å²) in [6.45, 7) is -1.87. The number of nitrogens with one attached hydrogen (secondary N) is 1. The molecule has 0 atom stereocenters. The second-order valence-electron chi connectivity index (χ2n) is 3.51. The van der Waals surface area contributed by atoms with Crippen molar-refractivity contribution >= 4 is 23.4 Å². The van der Waals surface area contributed by atoms with E-state index < -0.39 is 36.3 Å². The Labute approximate surface area is 113 Å². The lowest BCUT2D eigenvalue weighted by Gasteiger charge is -2.12. The van der Waals surface area contributed by atoms with Gasteiger partial charge in [0.05, 0.1) is 16.3 Å². The van der Waals surface area contributed by atoms with Crippen LogP contribution >= 0.6 is 11.6 Å². The van der Waals surface area contributed by atoms with Gasteiger partial charge in [0.2, 0.25) is 0 Å². The van der Waals surface area contributed by atoms with Gasteiger partial charge in [-0.25, -0.2) is 4.79 Å². The lowest BCUT2D eigenvalue weighted by Crippen LogP contribution is -2.23. The molecule has 0 aliphatic carbocycles. The predicted molar refractivity (Wildman–Crippen MR) is 57.5 cm³/mol. The van der Waals surface area contributed by atoms with Gasteiger partial charge < -0.3 is 4.74 Å². The molecule has 0 fully saturated rings. The molecule has 0 aliphatic rings. The number of carbonyl (C=O) groups is 1. The minimum atomic E-state index is -4.74. The van der Waals surface area contributed by atoms with E-state index in [0.717, 1.165) is 6.07 Å². The fourth-order valence-corrected chi connectivity index (χ4v) is 1.26. The third kappa shape index (κ3) is 5.16. The Morgan fingerprint density at radius 3 is 2.30 bits per heavy atom. The number of alkyl halides is 6. The Kier molecular flexibility index (Phi) is 4.74. The van der Waals surface area contributed by atoms with Crippen molar-refractivity contribution in [3.63, 3.8) is 0 Å². The Balaban J connectivity index is 2.79. The van der Waals surface area contributed by atoms with Gasteiger partial charge in [0.1, 0.15) is 0 Å². The number of amides is 1. The minimum absolute atomic E-state index is 0.276. The van der Waals surface area contributed by atoms with Crippen molar-refractivity contribution in [3.8, 4) is 0 Å². The van der Waals surface area contributed by atoms with Crippen LogP contribution < -0.4 is 5.32 Å². The summed E-state index contributed by atoms with van der Waals surface area (Å²) in [5, 5.41) is 1.43. The Morgan fingerprint density at radius 1 is 1.20 bits per heavy atom. The van der Waals surface area contributed by atoms with Gasteiger partial charge in [0, 0.05) is 0 Å². The first-order valence-corrected chi connectivity index (χ1v) is 5.24. The number of hydrogen-bond donors (Lipinski definition) is 1. The van der Waals surface area contributed by atoms with Crippen molar-refractivity contribution in [2.45, 2.75) is 12.4 Å². The molecule has 0 unspecified atom stereocenters. The molecule has 0 aromatic heterocycles. The van der Waals surface area contributed by atoms with Crippen LogP contribution in [0.25, 0.3) is 0 Å². The second kappa shape index (κ2) is 5.78. The molecular formula is C10H6ClF6NO2. The van der Waals surface area contributed by atoms with Gasteiger partial charge in [-0.05, 0) is 18.2 Å². The van der Waals surface area contributed by atoms with Crippen molar-refractivity contribution < 1.29 is 35.9 Å². The monoisotopic (exact) mass is 321 g/mol. The van der Waals surface area contributed by atoms with Gasteiger partial charge in [-0.2, -0.15) is 26.3 Å². The number of benzene rings is 1. The number of halogens is 7. The summed E-state index contributed by atoms with van der Waals surface area (Å²) in [6.07, 6.45) is -11.0. The maximum absolute atomic E-state index is 12.4. The van der Waals surface area contributed by atoms with E-state index in [4.69, 9.17) is 11.6 Å². The van der Waals surface area contributed by atoms with E-state index in [-0.39, 0.29) is 5.02 Å². The standard InChI is InChI=1S/C10H6ClF6NO2/c11-6-2-1-5(10(15,16)17)3-7(6)18-8(19)20-4-9(12,13)14/h1-3H,4H2,(H,18,19). The van der Waals surface area contributed by atoms with Crippen molar-refractivity contribution in [1.29, 1.82) is 0 Å². The van der Waals surface area contributed by atoms with Crippen LogP contribution in [0.3, 0.4) is 0 Å². The summed E-state index contributed by atoms with van der Waals surface area (Å²) < 4.78 is 76.3. The van der Waals surface area contributed by atoms with E-state index in [0.29, 0.717) is 12.1 Å². The highest BCUT2D eigenvalue weighted by atomic mass is 35.5. The first-order chi connectivity index (χ1) is 8.99. The van der Waals surface area contributed by atoms with Gasteiger partial charge in [0.25, 0.3) is 0 Å². The van der Waals surface area contributed by atoms with Crippen LogP contribution in [-0.4, -0.2) is 18.9 Å². The van der Waals surface area contributed by atoms with Crippen LogP contribution in [0.4, 0.5) is 36.8 Å². The molecule has 0 spiro atoms. The summed E-state index contributed by atoms with van der Waals surface area (Å²) >= 11 is 5.52. The zero-order valence-corrected chi connectivity index (χ0v) is 10.2. The van der Waals surface area contributed by atoms with Gasteiger partial charge in [-0.3, -0.25) is 5.32 Å². The minimum Gasteiger partial charge on any atom is -0.440 e. The largest absolute Gasteiger partial charge is 0.440 e. The number of hydrogen-bond acceptors (Lipinski definition) is 2. The highest BCUT2D eigenvalue weighted by Crippen LogP contribution is 2.33. The molecule has 0 saturated heterocycles. The molecule has 0 saturated carbocycles. The van der Waals surface area contributed by atoms with E-state index in [2.05, 4.69) is 4.74 Å². The molecule has 0 radical (unpaired) electrons. The van der Waals surface area contributed by atoms with E-state index in [9.17, 15) is 31.1 Å². The lowest BCUT2D eigenvalue weighted by molar-refractivity contribution is -0.159. The molecule has 3 nitrogen and oxygen atoms in total. The summed E-state index contributed by atoms with van der Waals surface area (Å²) in [6, 6.07) is 2.00. The fraction of sp³-hybridized carbons (Fsp3) is 0.300. The topological polar surface area (TPSA) is 38.3 Å². The van der Waals surface area contributed by atoms with Crippen molar-refractivity contribution in [2.24, 2.45) is 0 Å². The predicted octanol–water partition coefficient (Wildman–Crippen LogP) is 4.47. The molecule has 1 aromatic rings. The van der Waals surface area contributed by atoms with E-state index >= 15 is 0 Å². The summed E-state index contributed by atoms with van der Waals surface area (Å²) in [4.78, 5) is 11.0. The third-order valence-electron chi connectivity index (χ3n) is 1.90. The van der Waals surface area contributed by atoms with Crippen LogP contribution in [0.15, 0.2) is 18.2 Å². The lowest BCUT2D eigenvalue weighted by atomic mass is 10.2. The summed E-state index contributed by atoms with van der Waals surface area (Å²) in [7, 11) is 0. The molecule has 0 heterocycles. The SMILES string of the molecule is O=C(Nc1cc(C(F)(F)F)ccc1Cl)OCC(F)(F)F. The maximum atomic E-state index is 12.4. The molecule has 1 aromatic carbocycles. The smallest absolute Gasteiger partial charge is 0.422 e. The van der Waals surface area contributed by atoms with Crippen molar-refractivity contribution in [3.05, 3.63) is 28.8 Å². The fourth-order valence-electron chi connectivity index (χ4n) is 1.09. The molecule has 1 rings (SSSR count). The number of ether oxygens (including phenoxy) is 1. The molecule has 10 heteroatoms. The average molecular weight is 322 g/mol. The Hall–Kier alpha value is -1.64. The molecular weight excluding hydrogens is 316 g/mol. The van der Waals surface area contributed by atoms with Crippen LogP contribution in [0.2, 0.25) is 5.02 Å². The van der Waals surface area contributed by atoms with E-state index in [1.165, 1.54) is 0 Å². The van der Waals surface area contributed by atoms with E-state index in [1.54, 1.807) is 5.32 Å². The summed E-state index contributed by atoms with van der Waals surface area (Å²) in [5.41, 5.74) is -1.62. The second-order valence-corrected chi connectivity index (χ2v) is 3.92. The number of anilines is 1. The highest BCUT2D eigenvalue weighted by molar-refractivity contribution is 6.33. The zero-order chi connectivity index (χ0) is 15.6. The average Bonchev–Trinajstić information content (AvgIpc) is 2.27. The normalized spacial score (nSPS) is 12.2. The van der Waals surface area contributed by atoms with Gasteiger partial charge in [-0.1, -0.05) is 11.6 Å². The first-order valence-electron chi connectivity index (χ1n) is 4.86. The van der Waals surface area contributed by atoms with Crippen LogP contribution in [0, 0.1) is 0 Å². The van der Waals surface area contributed by atoms with Crippen LogP contribution in [0.1, 0.15) is 5.56 Å². The van der Waals surface area contributed by atoms with Crippen molar-refractivity contribution in [1.82, 2.24) is 0 Å². The highest BCUT2D eigenvalue weighted by Gasteiger charge is 2.32. The summed E-state index contributed by atoms with van der Waals surface area (Å²) in [5.74, 6) is 0. The Morgan fingerprint density at radius 2 is 1.80 bits per heavy atom. The molecule has 0 bridgehead atoms. The van der Waals surface area contributed by atoms with E-state index in [1.807, 2.05) is 0 Å². The Bertz CT molecular complexity index is 500. The van der Waals surface area contributed by atoms with Gasteiger partial charge >= 0.3 is 18.4 Å². The van der Waals surface area contributed by atoms with Crippen molar-refractivity contribution in [2.75, 3.05) is 11.9 Å². The molecule has 20 heavy (non-hydrogen) atoms. The number of rotatable bonds is 2. The molecule has 1 N–H and O–H groups in total. The zero-order valence-electron chi connectivity index (χ0n) is 9.40. The number of carbonyl (C=O) groups excluding carboxylic acids is 1. The first kappa shape index (κ1) is 16.4.